The van der Waals surface area contributed by atoms with Crippen LogP contribution < -0.4 is 15.4 Å². The number of primary sulfonamides is 1. The number of hydrogen-bond donors (Lipinski definition) is 2. The van der Waals surface area contributed by atoms with Crippen molar-refractivity contribution in [2.75, 3.05) is 16.8 Å². The molecule has 2 aromatic carbocycles. The Morgan fingerprint density at radius 1 is 1.09 bits per heavy atom. The van der Waals surface area contributed by atoms with Crippen molar-refractivity contribution < 1.29 is 22.0 Å². The Morgan fingerprint density at radius 2 is 1.86 bits per heavy atom. The Bertz CT molecular complexity index is 1540. The Labute approximate surface area is 200 Å². The standard InChI is InChI=1S/C24H21F2N5O3S/c25-15-3-8-21(26)19(12-15)22-2-1-10-30(22)17-9-11-31-23(13-17)20(14-28-31)24(32)29-16-4-6-18(7-5-16)35(27,33)34/h3-9,11-14,22H,1-2,10H2,(H,29,32)(H2,27,33,34)/t22-/m1/s1. The predicted octanol–water partition coefficient (Wildman–Crippen LogP) is 3.85. The number of sulfonamides is 1. The van der Waals surface area contributed by atoms with E-state index in [0.717, 1.165) is 24.2 Å². The van der Waals surface area contributed by atoms with E-state index in [4.69, 9.17) is 5.14 Å². The number of carbonyl (C=O) groups excluding carboxylic acids is 1. The number of rotatable bonds is 5. The molecule has 0 spiro atoms. The van der Waals surface area contributed by atoms with E-state index in [1.807, 2.05) is 11.0 Å². The molecule has 1 fully saturated rings. The highest BCUT2D eigenvalue weighted by Gasteiger charge is 2.29. The highest BCUT2D eigenvalue weighted by molar-refractivity contribution is 7.89. The van der Waals surface area contributed by atoms with E-state index in [0.29, 0.717) is 35.3 Å². The Balaban J connectivity index is 1.43. The van der Waals surface area contributed by atoms with Gasteiger partial charge in [-0.3, -0.25) is 4.79 Å². The minimum Gasteiger partial charge on any atom is -0.364 e. The summed E-state index contributed by atoms with van der Waals surface area (Å²) in [6.07, 6.45) is 4.63. The summed E-state index contributed by atoms with van der Waals surface area (Å²) in [7, 11) is -3.84. The van der Waals surface area contributed by atoms with Crippen LogP contribution in [-0.2, 0) is 10.0 Å². The Hall–Kier alpha value is -3.83. The van der Waals surface area contributed by atoms with Crippen LogP contribution in [-0.4, -0.2) is 30.5 Å². The van der Waals surface area contributed by atoms with Crippen LogP contribution in [0.2, 0.25) is 0 Å². The van der Waals surface area contributed by atoms with Gasteiger partial charge in [0, 0.05) is 29.7 Å². The van der Waals surface area contributed by atoms with Crippen LogP contribution in [0.5, 0.6) is 0 Å². The van der Waals surface area contributed by atoms with Gasteiger partial charge < -0.3 is 10.2 Å². The fourth-order valence-corrected chi connectivity index (χ4v) is 4.93. The van der Waals surface area contributed by atoms with Gasteiger partial charge in [-0.15, -0.1) is 0 Å². The first-order chi connectivity index (χ1) is 16.7. The molecule has 1 aliphatic heterocycles. The molecule has 8 nitrogen and oxygen atoms in total. The molecule has 0 bridgehead atoms. The lowest BCUT2D eigenvalue weighted by molar-refractivity contribution is 0.102. The fraction of sp³-hybridized carbons (Fsp3) is 0.167. The quantitative estimate of drug-likeness (QED) is 0.435. The van der Waals surface area contributed by atoms with Crippen molar-refractivity contribution in [3.05, 3.63) is 89.8 Å². The molecule has 1 saturated heterocycles. The number of pyridine rings is 1. The number of fused-ring (bicyclic) bond motifs is 1. The van der Waals surface area contributed by atoms with Gasteiger partial charge in [0.25, 0.3) is 5.91 Å². The maximum atomic E-state index is 14.5. The summed E-state index contributed by atoms with van der Waals surface area (Å²) in [5.41, 5.74) is 2.29. The second-order valence-corrected chi connectivity index (χ2v) is 9.88. The van der Waals surface area contributed by atoms with Gasteiger partial charge in [0.15, 0.2) is 0 Å². The molecule has 0 aliphatic carbocycles. The molecular formula is C24H21F2N5O3S. The number of anilines is 2. The minimum atomic E-state index is -3.84. The van der Waals surface area contributed by atoms with E-state index in [9.17, 15) is 22.0 Å². The molecule has 11 heteroatoms. The van der Waals surface area contributed by atoms with Crippen LogP contribution in [0.3, 0.4) is 0 Å². The molecule has 35 heavy (non-hydrogen) atoms. The van der Waals surface area contributed by atoms with Gasteiger partial charge in [-0.05, 0) is 67.4 Å². The molecule has 3 N–H and O–H groups in total. The highest BCUT2D eigenvalue weighted by atomic mass is 32.2. The number of aromatic nitrogens is 2. The molecule has 180 valence electrons. The van der Waals surface area contributed by atoms with Crippen molar-refractivity contribution in [1.29, 1.82) is 0 Å². The van der Waals surface area contributed by atoms with Gasteiger partial charge in [0.05, 0.1) is 28.2 Å². The number of carbonyl (C=O) groups is 1. The molecule has 0 unspecified atom stereocenters. The van der Waals surface area contributed by atoms with E-state index < -0.39 is 27.6 Å². The van der Waals surface area contributed by atoms with Crippen molar-refractivity contribution in [2.24, 2.45) is 5.14 Å². The summed E-state index contributed by atoms with van der Waals surface area (Å²) in [4.78, 5) is 14.9. The zero-order valence-corrected chi connectivity index (χ0v) is 19.2. The van der Waals surface area contributed by atoms with Crippen LogP contribution in [0.15, 0.2) is 71.9 Å². The second-order valence-electron chi connectivity index (χ2n) is 8.31. The third-order valence-electron chi connectivity index (χ3n) is 6.09. The number of nitrogens with zero attached hydrogens (tertiary/aromatic N) is 3. The van der Waals surface area contributed by atoms with E-state index in [1.54, 1.807) is 16.8 Å². The van der Waals surface area contributed by atoms with Crippen molar-refractivity contribution in [3.8, 4) is 0 Å². The molecule has 3 heterocycles. The minimum absolute atomic E-state index is 0.0639. The molecule has 1 aliphatic rings. The average molecular weight is 498 g/mol. The van der Waals surface area contributed by atoms with Crippen LogP contribution in [0.1, 0.15) is 34.8 Å². The molecule has 2 aromatic heterocycles. The fourth-order valence-electron chi connectivity index (χ4n) is 4.42. The Kier molecular flexibility index (Phi) is 5.73. The highest BCUT2D eigenvalue weighted by Crippen LogP contribution is 2.38. The summed E-state index contributed by atoms with van der Waals surface area (Å²) >= 11 is 0. The number of halogens is 2. The second kappa shape index (κ2) is 8.75. The van der Waals surface area contributed by atoms with Crippen molar-refractivity contribution in [1.82, 2.24) is 9.61 Å². The topological polar surface area (TPSA) is 110 Å². The first-order valence-electron chi connectivity index (χ1n) is 10.8. The van der Waals surface area contributed by atoms with Crippen LogP contribution in [0.4, 0.5) is 20.2 Å². The molecule has 5 rings (SSSR count). The molecule has 0 saturated carbocycles. The number of nitrogens with one attached hydrogen (secondary N) is 1. The first kappa shape index (κ1) is 22.9. The smallest absolute Gasteiger partial charge is 0.259 e. The summed E-state index contributed by atoms with van der Waals surface area (Å²) in [5, 5.41) is 12.1. The molecule has 4 aromatic rings. The summed E-state index contributed by atoms with van der Waals surface area (Å²) < 4.78 is 52.7. The van der Waals surface area contributed by atoms with E-state index in [2.05, 4.69) is 10.4 Å². The molecule has 0 radical (unpaired) electrons. The van der Waals surface area contributed by atoms with Crippen molar-refractivity contribution in [2.45, 2.75) is 23.8 Å². The molecule has 1 amide bonds. The van der Waals surface area contributed by atoms with E-state index >= 15 is 0 Å². The first-order valence-corrected chi connectivity index (χ1v) is 12.4. The normalized spacial score (nSPS) is 16.1. The lowest BCUT2D eigenvalue weighted by Crippen LogP contribution is -2.23. The maximum Gasteiger partial charge on any atom is 0.259 e. The van der Waals surface area contributed by atoms with Crippen LogP contribution >= 0.6 is 0 Å². The monoisotopic (exact) mass is 497 g/mol. The number of benzene rings is 2. The van der Waals surface area contributed by atoms with Gasteiger partial charge in [0.1, 0.15) is 11.6 Å². The number of hydrogen-bond acceptors (Lipinski definition) is 5. The summed E-state index contributed by atoms with van der Waals surface area (Å²) in [6, 6.07) is 12.2. The van der Waals surface area contributed by atoms with Crippen molar-refractivity contribution in [3.63, 3.8) is 0 Å². The van der Waals surface area contributed by atoms with Gasteiger partial charge in [-0.25, -0.2) is 26.9 Å². The number of nitrogens with two attached hydrogens (primary N) is 1. The molecular weight excluding hydrogens is 476 g/mol. The molecule has 1 atom stereocenters. The SMILES string of the molecule is NS(=O)(=O)c1ccc(NC(=O)c2cnn3ccc(N4CCC[C@@H]4c4cc(F)ccc4F)cc23)cc1. The van der Waals surface area contributed by atoms with Gasteiger partial charge in [-0.2, -0.15) is 5.10 Å². The van der Waals surface area contributed by atoms with E-state index in [1.165, 1.54) is 36.5 Å². The largest absolute Gasteiger partial charge is 0.364 e. The predicted molar refractivity (Wildman–Crippen MR) is 127 cm³/mol. The number of amides is 1. The summed E-state index contributed by atoms with van der Waals surface area (Å²) in [5.74, 6) is -1.38. The maximum absolute atomic E-state index is 14.5. The average Bonchev–Trinajstić information content (AvgIpc) is 3.47. The Morgan fingerprint density at radius 3 is 2.60 bits per heavy atom. The lowest BCUT2D eigenvalue weighted by Gasteiger charge is -2.27. The third kappa shape index (κ3) is 4.47. The van der Waals surface area contributed by atoms with E-state index in [-0.39, 0.29) is 10.9 Å². The van der Waals surface area contributed by atoms with Crippen LogP contribution in [0, 0.1) is 11.6 Å². The van der Waals surface area contributed by atoms with Gasteiger partial charge in [0.2, 0.25) is 10.0 Å². The zero-order chi connectivity index (χ0) is 24.7. The lowest BCUT2D eigenvalue weighted by atomic mass is 10.0. The van der Waals surface area contributed by atoms with Gasteiger partial charge >= 0.3 is 0 Å². The van der Waals surface area contributed by atoms with Gasteiger partial charge in [-0.1, -0.05) is 0 Å². The summed E-state index contributed by atoms with van der Waals surface area (Å²) in [6.45, 7) is 0.656. The zero-order valence-electron chi connectivity index (χ0n) is 18.4. The van der Waals surface area contributed by atoms with Crippen molar-refractivity contribution >= 4 is 32.8 Å². The third-order valence-corrected chi connectivity index (χ3v) is 7.02. The van der Waals surface area contributed by atoms with Crippen LogP contribution in [0.25, 0.3) is 5.52 Å².